The fraction of sp³-hybridized carbons (Fsp3) is 0.174. The summed E-state index contributed by atoms with van der Waals surface area (Å²) in [7, 11) is 1.61. The predicted octanol–water partition coefficient (Wildman–Crippen LogP) is 4.48. The molecule has 0 aromatic heterocycles. The van der Waals surface area contributed by atoms with Crippen LogP contribution in [0.15, 0.2) is 72.8 Å². The van der Waals surface area contributed by atoms with Gasteiger partial charge in [0.25, 0.3) is 0 Å². The van der Waals surface area contributed by atoms with Crippen molar-refractivity contribution in [2.75, 3.05) is 13.7 Å². The van der Waals surface area contributed by atoms with Crippen LogP contribution in [0.4, 0.5) is 4.39 Å². The van der Waals surface area contributed by atoms with Crippen LogP contribution in [0, 0.1) is 5.82 Å². The molecule has 1 amide bonds. The van der Waals surface area contributed by atoms with Gasteiger partial charge in [-0.15, -0.1) is 0 Å². The number of nitrogens with one attached hydrogen (secondary N) is 2. The Kier molecular flexibility index (Phi) is 7.22. The van der Waals surface area contributed by atoms with E-state index in [1.54, 1.807) is 31.4 Å². The summed E-state index contributed by atoms with van der Waals surface area (Å²) in [4.78, 5) is 12.3. The molecule has 0 saturated carbocycles. The third-order valence-corrected chi connectivity index (χ3v) is 4.77. The SMILES string of the molecule is COc1ccc(C(NCC(=O)NCc2ccc(Cl)cc2)c2ccc(F)cc2)cc1. The van der Waals surface area contributed by atoms with Crippen LogP contribution >= 0.6 is 11.6 Å². The van der Waals surface area contributed by atoms with Crippen molar-refractivity contribution >= 4 is 17.5 Å². The smallest absolute Gasteiger partial charge is 0.234 e. The van der Waals surface area contributed by atoms with Crippen LogP contribution in [0.2, 0.25) is 5.02 Å². The number of hydrogen-bond donors (Lipinski definition) is 2. The monoisotopic (exact) mass is 412 g/mol. The van der Waals surface area contributed by atoms with E-state index in [1.165, 1.54) is 12.1 Å². The number of halogens is 2. The molecule has 0 spiro atoms. The van der Waals surface area contributed by atoms with Crippen molar-refractivity contribution in [3.8, 4) is 5.75 Å². The molecule has 0 saturated heterocycles. The molecule has 6 heteroatoms. The second-order valence-electron chi connectivity index (χ2n) is 6.54. The quantitative estimate of drug-likeness (QED) is 0.573. The van der Waals surface area contributed by atoms with E-state index in [9.17, 15) is 9.18 Å². The number of ether oxygens (including phenoxy) is 1. The first-order valence-corrected chi connectivity index (χ1v) is 9.57. The molecule has 2 N–H and O–H groups in total. The molecule has 3 aromatic carbocycles. The molecule has 0 aliphatic carbocycles. The first kappa shape index (κ1) is 20.8. The van der Waals surface area contributed by atoms with Gasteiger partial charge in [-0.3, -0.25) is 10.1 Å². The van der Waals surface area contributed by atoms with Crippen LogP contribution in [0.5, 0.6) is 5.75 Å². The van der Waals surface area contributed by atoms with Crippen LogP contribution in [0.1, 0.15) is 22.7 Å². The van der Waals surface area contributed by atoms with E-state index in [0.717, 1.165) is 22.4 Å². The van der Waals surface area contributed by atoms with E-state index >= 15 is 0 Å². The molecular formula is C23H22ClFN2O2. The standard InChI is InChI=1S/C23H22ClFN2O2/c1-29-21-12-6-18(7-13-21)23(17-4-10-20(25)11-5-17)27-15-22(28)26-14-16-2-8-19(24)9-3-16/h2-13,23,27H,14-15H2,1H3,(H,26,28). The average Bonchev–Trinajstić information content (AvgIpc) is 2.75. The lowest BCUT2D eigenvalue weighted by Gasteiger charge is -2.20. The zero-order chi connectivity index (χ0) is 20.6. The van der Waals surface area contributed by atoms with E-state index in [0.29, 0.717) is 11.6 Å². The highest BCUT2D eigenvalue weighted by Gasteiger charge is 2.15. The zero-order valence-electron chi connectivity index (χ0n) is 16.0. The normalized spacial score (nSPS) is 11.7. The van der Waals surface area contributed by atoms with Gasteiger partial charge in [0.1, 0.15) is 11.6 Å². The molecule has 4 nitrogen and oxygen atoms in total. The molecule has 0 fully saturated rings. The molecule has 0 bridgehead atoms. The van der Waals surface area contributed by atoms with Crippen LogP contribution < -0.4 is 15.4 Å². The van der Waals surface area contributed by atoms with Gasteiger partial charge in [0.05, 0.1) is 19.7 Å². The molecule has 29 heavy (non-hydrogen) atoms. The molecule has 3 aromatic rings. The van der Waals surface area contributed by atoms with E-state index in [2.05, 4.69) is 10.6 Å². The third-order valence-electron chi connectivity index (χ3n) is 4.52. The summed E-state index contributed by atoms with van der Waals surface area (Å²) < 4.78 is 18.6. The summed E-state index contributed by atoms with van der Waals surface area (Å²) in [5, 5.41) is 6.79. The lowest BCUT2D eigenvalue weighted by Crippen LogP contribution is -2.35. The van der Waals surface area contributed by atoms with Crippen molar-refractivity contribution in [3.63, 3.8) is 0 Å². The number of benzene rings is 3. The maximum Gasteiger partial charge on any atom is 0.234 e. The largest absolute Gasteiger partial charge is 0.497 e. The van der Waals surface area contributed by atoms with Gasteiger partial charge in [0.2, 0.25) is 5.91 Å². The van der Waals surface area contributed by atoms with Crippen molar-refractivity contribution in [2.24, 2.45) is 0 Å². The number of carbonyl (C=O) groups excluding carboxylic acids is 1. The summed E-state index contributed by atoms with van der Waals surface area (Å²) in [6, 6.07) is 20.9. The van der Waals surface area contributed by atoms with Crippen LogP contribution in [0.25, 0.3) is 0 Å². The lowest BCUT2D eigenvalue weighted by atomic mass is 9.98. The fourth-order valence-electron chi connectivity index (χ4n) is 2.94. The topological polar surface area (TPSA) is 50.4 Å². The average molecular weight is 413 g/mol. The number of amides is 1. The highest BCUT2D eigenvalue weighted by atomic mass is 35.5. The number of methoxy groups -OCH3 is 1. The van der Waals surface area contributed by atoms with Crippen molar-refractivity contribution in [1.29, 1.82) is 0 Å². The van der Waals surface area contributed by atoms with Gasteiger partial charge >= 0.3 is 0 Å². The first-order chi connectivity index (χ1) is 14.0. The number of rotatable bonds is 8. The Labute approximate surface area is 174 Å². The van der Waals surface area contributed by atoms with Gasteiger partial charge in [-0.2, -0.15) is 0 Å². The third kappa shape index (κ3) is 6.04. The molecule has 1 unspecified atom stereocenters. The summed E-state index contributed by atoms with van der Waals surface area (Å²) in [6.45, 7) is 0.531. The molecule has 0 heterocycles. The Hall–Kier alpha value is -2.89. The van der Waals surface area contributed by atoms with Crippen molar-refractivity contribution in [3.05, 3.63) is 100 Å². The fourth-order valence-corrected chi connectivity index (χ4v) is 3.07. The van der Waals surface area contributed by atoms with Crippen molar-refractivity contribution in [2.45, 2.75) is 12.6 Å². The van der Waals surface area contributed by atoms with Gasteiger partial charge in [0.15, 0.2) is 0 Å². The van der Waals surface area contributed by atoms with Crippen LogP contribution in [-0.4, -0.2) is 19.6 Å². The molecule has 0 radical (unpaired) electrons. The van der Waals surface area contributed by atoms with Crippen LogP contribution in [-0.2, 0) is 11.3 Å². The Morgan fingerprint density at radius 1 is 0.966 bits per heavy atom. The Morgan fingerprint density at radius 2 is 1.55 bits per heavy atom. The van der Waals surface area contributed by atoms with Gasteiger partial charge in [0, 0.05) is 11.6 Å². The van der Waals surface area contributed by atoms with E-state index in [-0.39, 0.29) is 24.3 Å². The van der Waals surface area contributed by atoms with Gasteiger partial charge in [-0.25, -0.2) is 4.39 Å². The molecule has 0 aliphatic heterocycles. The number of hydrogen-bond acceptors (Lipinski definition) is 3. The Bertz CT molecular complexity index is 929. The number of carbonyl (C=O) groups is 1. The van der Waals surface area contributed by atoms with Crippen molar-refractivity contribution < 1.29 is 13.9 Å². The van der Waals surface area contributed by atoms with E-state index < -0.39 is 0 Å². The summed E-state index contributed by atoms with van der Waals surface area (Å²) in [5.74, 6) is 0.302. The summed E-state index contributed by atoms with van der Waals surface area (Å²) >= 11 is 5.88. The Balaban J connectivity index is 1.66. The molecule has 1 atom stereocenters. The van der Waals surface area contributed by atoms with E-state index in [4.69, 9.17) is 16.3 Å². The lowest BCUT2D eigenvalue weighted by molar-refractivity contribution is -0.120. The zero-order valence-corrected chi connectivity index (χ0v) is 16.7. The van der Waals surface area contributed by atoms with Gasteiger partial charge < -0.3 is 10.1 Å². The van der Waals surface area contributed by atoms with Crippen molar-refractivity contribution in [1.82, 2.24) is 10.6 Å². The van der Waals surface area contributed by atoms with Gasteiger partial charge in [-0.05, 0) is 53.1 Å². The minimum Gasteiger partial charge on any atom is -0.497 e. The molecule has 150 valence electrons. The van der Waals surface area contributed by atoms with E-state index in [1.807, 2.05) is 36.4 Å². The summed E-state index contributed by atoms with van der Waals surface area (Å²) in [6.07, 6.45) is 0. The summed E-state index contributed by atoms with van der Waals surface area (Å²) in [5.41, 5.74) is 2.78. The van der Waals surface area contributed by atoms with Gasteiger partial charge in [-0.1, -0.05) is 48.0 Å². The second-order valence-corrected chi connectivity index (χ2v) is 6.98. The maximum absolute atomic E-state index is 13.3. The molecule has 0 aliphatic rings. The minimum absolute atomic E-state index is 0.113. The highest BCUT2D eigenvalue weighted by Crippen LogP contribution is 2.24. The van der Waals surface area contributed by atoms with Crippen LogP contribution in [0.3, 0.4) is 0 Å². The predicted molar refractivity (Wildman–Crippen MR) is 113 cm³/mol. The maximum atomic E-state index is 13.3. The highest BCUT2D eigenvalue weighted by molar-refractivity contribution is 6.30. The second kappa shape index (κ2) is 10.0. The molecular weight excluding hydrogens is 391 g/mol. The molecule has 3 rings (SSSR count). The minimum atomic E-state index is -0.303. The Morgan fingerprint density at radius 3 is 2.14 bits per heavy atom. The first-order valence-electron chi connectivity index (χ1n) is 9.19.